The van der Waals surface area contributed by atoms with Crippen LogP contribution in [-0.2, 0) is 32.7 Å². The van der Waals surface area contributed by atoms with E-state index in [-0.39, 0.29) is 17.1 Å². The summed E-state index contributed by atoms with van der Waals surface area (Å²) in [6, 6.07) is 54.4. The number of hydrogen-bond donors (Lipinski definition) is 0. The van der Waals surface area contributed by atoms with Crippen LogP contribution in [0.15, 0.2) is 169 Å². The molecule has 1 fully saturated rings. The van der Waals surface area contributed by atoms with E-state index in [0.29, 0.717) is 28.7 Å². The fourth-order valence-electron chi connectivity index (χ4n) is 9.66. The van der Waals surface area contributed by atoms with Gasteiger partial charge in [-0.2, -0.15) is 0 Å². The molecule has 0 bridgehead atoms. The molecule has 1 unspecified atom stereocenters. The lowest BCUT2D eigenvalue weighted by atomic mass is 9.77. The molecule has 1 aliphatic carbocycles. The highest BCUT2D eigenvalue weighted by atomic mass is 32.1. The standard InChI is InChI=1S/C56H49N5O6S/c1-3-44-35-49-51(62)47-29-18-30-48(54(63)65-37(2)66-55(64)67-43-25-14-7-15-26-43)50(47)60(53(49)68-44)36-38-31-33-39(34-32-38)45-27-16-17-28-46(45)52-57-58-59-61(52)56(40-19-8-4-9-20-40,41-21-10-5-11-22-41)42-23-12-6-13-24-42/h4-6,8-13,16-24,27-35,37,43H,3,7,14-15,25-26,36H2,1-2H3. The number of ether oxygens (including phenoxy) is 3. The maximum absolute atomic E-state index is 14.2. The van der Waals surface area contributed by atoms with Crippen molar-refractivity contribution in [2.45, 2.75) is 76.9 Å². The summed E-state index contributed by atoms with van der Waals surface area (Å²) >= 11 is 1.53. The number of pyridine rings is 1. The highest BCUT2D eigenvalue weighted by molar-refractivity contribution is 7.18. The summed E-state index contributed by atoms with van der Waals surface area (Å²) in [5.74, 6) is -0.133. The lowest BCUT2D eigenvalue weighted by molar-refractivity contribution is -0.0914. The molecule has 1 atom stereocenters. The van der Waals surface area contributed by atoms with Gasteiger partial charge in [0.15, 0.2) is 11.3 Å². The number of rotatable bonds is 13. The van der Waals surface area contributed by atoms with Crippen molar-refractivity contribution in [1.82, 2.24) is 24.8 Å². The van der Waals surface area contributed by atoms with Crippen LogP contribution in [0.1, 0.15) is 83.4 Å². The lowest BCUT2D eigenvalue weighted by Crippen LogP contribution is -2.39. The molecule has 11 nitrogen and oxygen atoms in total. The molecule has 0 radical (unpaired) electrons. The lowest BCUT2D eigenvalue weighted by Gasteiger charge is -2.36. The number of carbonyl (C=O) groups is 2. The third-order valence-electron chi connectivity index (χ3n) is 12.9. The van der Waals surface area contributed by atoms with Crippen LogP contribution in [0, 0.1) is 0 Å². The van der Waals surface area contributed by atoms with E-state index in [2.05, 4.69) is 84.9 Å². The SMILES string of the molecule is CCc1cc2c(=O)c3cccc(C(=O)OC(C)OC(=O)OC4CCCCC4)c3n(Cc3ccc(-c4ccccc4-c4nnnn4C(c4ccccc4)(c4ccccc4)c4ccccc4)cc3)c2s1. The normalized spacial score (nSPS) is 13.6. The van der Waals surface area contributed by atoms with Gasteiger partial charge >= 0.3 is 12.1 Å². The number of tetrazole rings is 1. The van der Waals surface area contributed by atoms with Crippen LogP contribution in [0.2, 0.25) is 0 Å². The molecular formula is C56H49N5O6S. The number of nitrogens with zero attached hydrogens (tertiary/aromatic N) is 5. The first kappa shape index (κ1) is 44.2. The van der Waals surface area contributed by atoms with Gasteiger partial charge in [0.25, 0.3) is 0 Å². The number of benzene rings is 6. The van der Waals surface area contributed by atoms with Gasteiger partial charge in [-0.3, -0.25) is 4.79 Å². The Kier molecular flexibility index (Phi) is 12.5. The molecule has 0 amide bonds. The van der Waals surface area contributed by atoms with Crippen molar-refractivity contribution in [3.05, 3.63) is 207 Å². The first-order valence-corrected chi connectivity index (χ1v) is 24.0. The zero-order valence-corrected chi connectivity index (χ0v) is 38.6. The summed E-state index contributed by atoms with van der Waals surface area (Å²) in [4.78, 5) is 42.6. The van der Waals surface area contributed by atoms with Crippen molar-refractivity contribution in [2.24, 2.45) is 0 Å². The maximum Gasteiger partial charge on any atom is 0.511 e. The Bertz CT molecular complexity index is 3190. The molecule has 0 aliphatic heterocycles. The number of esters is 1. The van der Waals surface area contributed by atoms with Crippen molar-refractivity contribution < 1.29 is 23.8 Å². The van der Waals surface area contributed by atoms with Crippen molar-refractivity contribution in [1.29, 1.82) is 0 Å². The molecule has 0 spiro atoms. The molecule has 1 aliphatic rings. The number of aryl methyl sites for hydroxylation is 1. The first-order valence-electron chi connectivity index (χ1n) is 23.1. The predicted octanol–water partition coefficient (Wildman–Crippen LogP) is 12.0. The van der Waals surface area contributed by atoms with E-state index in [4.69, 9.17) is 24.5 Å². The predicted molar refractivity (Wildman–Crippen MR) is 265 cm³/mol. The molecular weight excluding hydrogens is 871 g/mol. The maximum atomic E-state index is 14.2. The van der Waals surface area contributed by atoms with E-state index in [1.54, 1.807) is 18.2 Å². The third-order valence-corrected chi connectivity index (χ3v) is 14.2. The average Bonchev–Trinajstić information content (AvgIpc) is 4.06. The van der Waals surface area contributed by atoms with E-state index >= 15 is 0 Å². The largest absolute Gasteiger partial charge is 0.511 e. The van der Waals surface area contributed by atoms with Gasteiger partial charge in [-0.1, -0.05) is 159 Å². The summed E-state index contributed by atoms with van der Waals surface area (Å²) in [6.07, 6.45) is 3.10. The van der Waals surface area contributed by atoms with E-state index in [1.807, 2.05) is 82.0 Å². The fourth-order valence-corrected chi connectivity index (χ4v) is 10.8. The van der Waals surface area contributed by atoms with Gasteiger partial charge in [-0.25, -0.2) is 14.3 Å². The third kappa shape index (κ3) is 8.36. The summed E-state index contributed by atoms with van der Waals surface area (Å²) in [5.41, 5.74) is 6.21. The number of hydrogen-bond acceptors (Lipinski definition) is 10. The Morgan fingerprint density at radius 3 is 1.97 bits per heavy atom. The summed E-state index contributed by atoms with van der Waals surface area (Å²) in [6.45, 7) is 3.88. The Morgan fingerprint density at radius 1 is 0.721 bits per heavy atom. The minimum atomic E-state index is -1.22. The smallest absolute Gasteiger partial charge is 0.431 e. The van der Waals surface area contributed by atoms with Crippen LogP contribution in [0.25, 0.3) is 43.6 Å². The molecule has 1 saturated carbocycles. The Balaban J connectivity index is 1.01. The summed E-state index contributed by atoms with van der Waals surface area (Å²) < 4.78 is 20.6. The average molecular weight is 920 g/mol. The van der Waals surface area contributed by atoms with Crippen LogP contribution in [0.5, 0.6) is 0 Å². The number of para-hydroxylation sites is 1. The van der Waals surface area contributed by atoms with Crippen LogP contribution in [0.3, 0.4) is 0 Å². The molecule has 0 N–H and O–H groups in total. The molecule has 340 valence electrons. The van der Waals surface area contributed by atoms with E-state index in [1.165, 1.54) is 18.3 Å². The van der Waals surface area contributed by atoms with Gasteiger partial charge in [0.05, 0.1) is 16.5 Å². The van der Waals surface area contributed by atoms with Crippen molar-refractivity contribution in [3.63, 3.8) is 0 Å². The van der Waals surface area contributed by atoms with Crippen LogP contribution in [-0.4, -0.2) is 49.3 Å². The van der Waals surface area contributed by atoms with Gasteiger partial charge in [-0.15, -0.1) is 16.4 Å². The minimum Gasteiger partial charge on any atom is -0.431 e. The number of fused-ring (bicyclic) bond motifs is 2. The molecule has 3 aromatic heterocycles. The van der Waals surface area contributed by atoms with Gasteiger partial charge in [0, 0.05) is 29.3 Å². The quantitative estimate of drug-likeness (QED) is 0.0631. The Hall–Kier alpha value is -7.70. The molecule has 3 heterocycles. The summed E-state index contributed by atoms with van der Waals surface area (Å²) in [5, 5.41) is 14.9. The van der Waals surface area contributed by atoms with E-state index < -0.39 is 24.0 Å². The minimum absolute atomic E-state index is 0.165. The van der Waals surface area contributed by atoms with Gasteiger partial charge < -0.3 is 18.8 Å². The second-order valence-electron chi connectivity index (χ2n) is 17.1. The van der Waals surface area contributed by atoms with Gasteiger partial charge in [0.2, 0.25) is 6.29 Å². The number of carbonyl (C=O) groups excluding carboxylic acids is 2. The molecule has 9 aromatic rings. The molecule has 68 heavy (non-hydrogen) atoms. The van der Waals surface area contributed by atoms with Crippen LogP contribution in [0.4, 0.5) is 4.79 Å². The molecule has 6 aromatic carbocycles. The fraction of sp³-hybridized carbons (Fsp3) is 0.214. The highest BCUT2D eigenvalue weighted by Gasteiger charge is 2.42. The molecule has 10 rings (SSSR count). The van der Waals surface area contributed by atoms with Crippen molar-refractivity contribution in [2.75, 3.05) is 0 Å². The van der Waals surface area contributed by atoms with Crippen LogP contribution >= 0.6 is 11.3 Å². The monoisotopic (exact) mass is 919 g/mol. The van der Waals surface area contributed by atoms with E-state index in [9.17, 15) is 14.4 Å². The van der Waals surface area contributed by atoms with Crippen molar-refractivity contribution >= 4 is 44.6 Å². The Morgan fingerprint density at radius 2 is 1.34 bits per heavy atom. The number of thiophene rings is 1. The Labute approximate surface area is 397 Å². The highest BCUT2D eigenvalue weighted by Crippen LogP contribution is 2.43. The second kappa shape index (κ2) is 19.3. The number of aromatic nitrogens is 5. The van der Waals surface area contributed by atoms with Crippen molar-refractivity contribution in [3.8, 4) is 22.5 Å². The second-order valence-corrected chi connectivity index (χ2v) is 18.2. The summed E-state index contributed by atoms with van der Waals surface area (Å²) in [7, 11) is 0. The van der Waals surface area contributed by atoms with Crippen LogP contribution < -0.4 is 5.43 Å². The molecule has 0 saturated heterocycles. The van der Waals surface area contributed by atoms with Gasteiger partial charge in [-0.05, 0) is 94.1 Å². The zero-order valence-electron chi connectivity index (χ0n) is 37.8. The molecule has 12 heteroatoms. The first-order chi connectivity index (χ1) is 33.3. The van der Waals surface area contributed by atoms with E-state index in [0.717, 1.165) is 87.2 Å². The topological polar surface area (TPSA) is 127 Å². The van der Waals surface area contributed by atoms with Gasteiger partial charge in [0.1, 0.15) is 16.5 Å². The zero-order chi connectivity index (χ0) is 46.6.